The highest BCUT2D eigenvalue weighted by atomic mass is 16.5. The quantitative estimate of drug-likeness (QED) is 0.618. The van der Waals surface area contributed by atoms with E-state index >= 15 is 0 Å². The molecule has 0 fully saturated rings. The fourth-order valence-corrected chi connectivity index (χ4v) is 3.81. The molecule has 0 aromatic heterocycles. The number of ketones is 1. The minimum absolute atomic E-state index is 0.0310. The molecule has 31 heavy (non-hydrogen) atoms. The zero-order chi connectivity index (χ0) is 22.4. The lowest BCUT2D eigenvalue weighted by Crippen LogP contribution is -2.31. The van der Waals surface area contributed by atoms with Crippen LogP contribution in [0.25, 0.3) is 0 Å². The summed E-state index contributed by atoms with van der Waals surface area (Å²) in [6.45, 7) is 4.06. The third-order valence-corrected chi connectivity index (χ3v) is 5.35. The van der Waals surface area contributed by atoms with Gasteiger partial charge in [0.2, 0.25) is 0 Å². The molecule has 2 aromatic carbocycles. The summed E-state index contributed by atoms with van der Waals surface area (Å²) in [4.78, 5) is 36.7. The maximum absolute atomic E-state index is 12.7. The predicted molar refractivity (Wildman–Crippen MR) is 115 cm³/mol. The lowest BCUT2D eigenvalue weighted by atomic mass is 9.93. The number of benzene rings is 2. The molecule has 2 aromatic rings. The van der Waals surface area contributed by atoms with E-state index in [1.165, 1.54) is 13.8 Å². The number of carbonyl (C=O) groups excluding carboxylic acids is 3. The Labute approximate surface area is 181 Å². The molecular formula is C24H27NO6. The topological polar surface area (TPSA) is 93.1 Å². The number of fused-ring (bicyclic) bond motifs is 1. The van der Waals surface area contributed by atoms with Gasteiger partial charge in [-0.2, -0.15) is 0 Å². The highest BCUT2D eigenvalue weighted by Crippen LogP contribution is 2.37. The molecule has 0 saturated heterocycles. The van der Waals surface area contributed by atoms with Crippen molar-refractivity contribution in [3.63, 3.8) is 0 Å². The summed E-state index contributed by atoms with van der Waals surface area (Å²) < 4.78 is 10.1. The highest BCUT2D eigenvalue weighted by Gasteiger charge is 2.38. The first kappa shape index (κ1) is 22.5. The second-order valence-electron chi connectivity index (χ2n) is 7.54. The number of Topliss-reactive ketones (excluding diaryl/α,β-unsaturated/α-hetero) is 1. The van der Waals surface area contributed by atoms with Gasteiger partial charge in [0.25, 0.3) is 0 Å². The highest BCUT2D eigenvalue weighted by molar-refractivity contribution is 6.03. The first-order chi connectivity index (χ1) is 14.9. The molecule has 0 bridgehead atoms. The first-order valence-corrected chi connectivity index (χ1v) is 10.3. The van der Waals surface area contributed by atoms with E-state index < -0.39 is 12.0 Å². The standard InChI is InChI=1S/C24H27NO6/c1-16(26)30-13-11-25(12-14-31-17(2)27)19-9-7-18(8-10-19)15-22-23(28)20-5-3-4-6-21(20)24(22)29/h3-10,22-23,28H,11-15H2,1-2H3. The van der Waals surface area contributed by atoms with Gasteiger partial charge in [0.1, 0.15) is 13.2 Å². The second-order valence-corrected chi connectivity index (χ2v) is 7.54. The van der Waals surface area contributed by atoms with E-state index in [0.29, 0.717) is 30.6 Å². The van der Waals surface area contributed by atoms with E-state index in [-0.39, 0.29) is 30.9 Å². The molecule has 0 saturated carbocycles. The van der Waals surface area contributed by atoms with Crippen molar-refractivity contribution in [1.82, 2.24) is 0 Å². The lowest BCUT2D eigenvalue weighted by Gasteiger charge is -2.25. The van der Waals surface area contributed by atoms with Gasteiger partial charge < -0.3 is 19.5 Å². The Morgan fingerprint density at radius 2 is 1.52 bits per heavy atom. The molecule has 1 aliphatic rings. The number of carbonyl (C=O) groups is 3. The van der Waals surface area contributed by atoms with Crippen LogP contribution < -0.4 is 4.90 Å². The van der Waals surface area contributed by atoms with Gasteiger partial charge in [-0.05, 0) is 29.7 Å². The summed E-state index contributed by atoms with van der Waals surface area (Å²) in [6.07, 6.45) is -0.358. The van der Waals surface area contributed by atoms with E-state index in [0.717, 1.165) is 11.3 Å². The normalized spacial score (nSPS) is 17.2. The molecule has 7 heteroatoms. The Morgan fingerprint density at radius 1 is 0.935 bits per heavy atom. The van der Waals surface area contributed by atoms with Gasteiger partial charge >= 0.3 is 11.9 Å². The van der Waals surface area contributed by atoms with Gasteiger partial charge in [-0.3, -0.25) is 14.4 Å². The van der Waals surface area contributed by atoms with Crippen LogP contribution in [-0.2, 0) is 25.5 Å². The predicted octanol–water partition coefficient (Wildman–Crippen LogP) is 2.71. The molecule has 0 radical (unpaired) electrons. The number of rotatable bonds is 9. The van der Waals surface area contributed by atoms with Crippen molar-refractivity contribution >= 4 is 23.4 Å². The summed E-state index contributed by atoms with van der Waals surface area (Å²) in [5.41, 5.74) is 3.11. The largest absolute Gasteiger partial charge is 0.464 e. The Balaban J connectivity index is 1.66. The summed E-state index contributed by atoms with van der Waals surface area (Å²) >= 11 is 0. The van der Waals surface area contributed by atoms with Gasteiger partial charge in [0, 0.05) is 25.1 Å². The number of ether oxygens (including phenoxy) is 2. The number of esters is 2. The van der Waals surface area contributed by atoms with Crippen LogP contribution in [0.4, 0.5) is 5.69 Å². The molecule has 7 nitrogen and oxygen atoms in total. The molecule has 0 amide bonds. The van der Waals surface area contributed by atoms with Crippen LogP contribution in [0.2, 0.25) is 0 Å². The van der Waals surface area contributed by atoms with Crippen molar-refractivity contribution in [2.24, 2.45) is 5.92 Å². The molecule has 164 valence electrons. The number of nitrogens with zero attached hydrogens (tertiary/aromatic N) is 1. The fourth-order valence-electron chi connectivity index (χ4n) is 3.81. The third kappa shape index (κ3) is 5.70. The molecule has 3 rings (SSSR count). The number of aliphatic hydroxyl groups excluding tert-OH is 1. The van der Waals surface area contributed by atoms with Gasteiger partial charge in [-0.25, -0.2) is 0 Å². The minimum Gasteiger partial charge on any atom is -0.464 e. The van der Waals surface area contributed by atoms with Crippen LogP contribution in [0.5, 0.6) is 0 Å². The van der Waals surface area contributed by atoms with Crippen LogP contribution in [0.3, 0.4) is 0 Å². The number of anilines is 1. The fraction of sp³-hybridized carbons (Fsp3) is 0.375. The molecule has 0 aliphatic heterocycles. The van der Waals surface area contributed by atoms with Crippen molar-refractivity contribution in [2.75, 3.05) is 31.2 Å². The summed E-state index contributed by atoms with van der Waals surface area (Å²) in [5, 5.41) is 10.6. The van der Waals surface area contributed by atoms with E-state index in [1.54, 1.807) is 18.2 Å². The maximum atomic E-state index is 12.7. The van der Waals surface area contributed by atoms with E-state index in [9.17, 15) is 19.5 Å². The molecule has 0 heterocycles. The van der Waals surface area contributed by atoms with Gasteiger partial charge in [-0.1, -0.05) is 36.4 Å². The molecule has 2 unspecified atom stereocenters. The van der Waals surface area contributed by atoms with Crippen molar-refractivity contribution in [3.8, 4) is 0 Å². The van der Waals surface area contributed by atoms with Crippen molar-refractivity contribution in [3.05, 3.63) is 65.2 Å². The second kappa shape index (κ2) is 10.2. The SMILES string of the molecule is CC(=O)OCCN(CCOC(C)=O)c1ccc(CC2C(=O)c3ccccc3C2O)cc1. The monoisotopic (exact) mass is 425 g/mol. The Bertz CT molecular complexity index is 919. The molecule has 2 atom stereocenters. The average Bonchev–Trinajstić information content (AvgIpc) is 2.98. The Hall–Kier alpha value is -3.19. The average molecular weight is 425 g/mol. The van der Waals surface area contributed by atoms with Crippen molar-refractivity contribution in [2.45, 2.75) is 26.4 Å². The molecule has 1 aliphatic carbocycles. The number of aliphatic hydroxyl groups is 1. The summed E-state index contributed by atoms with van der Waals surface area (Å²) in [6, 6.07) is 14.9. The Morgan fingerprint density at radius 3 is 2.06 bits per heavy atom. The molecule has 0 spiro atoms. The van der Waals surface area contributed by atoms with E-state index in [4.69, 9.17) is 9.47 Å². The van der Waals surface area contributed by atoms with Gasteiger partial charge in [-0.15, -0.1) is 0 Å². The van der Waals surface area contributed by atoms with Crippen molar-refractivity contribution < 1.29 is 29.0 Å². The van der Waals surface area contributed by atoms with E-state index in [2.05, 4.69) is 0 Å². The summed E-state index contributed by atoms with van der Waals surface area (Å²) in [5.74, 6) is -1.23. The van der Waals surface area contributed by atoms with Gasteiger partial charge in [0.05, 0.1) is 25.1 Å². The molecular weight excluding hydrogens is 398 g/mol. The van der Waals surface area contributed by atoms with Crippen molar-refractivity contribution in [1.29, 1.82) is 0 Å². The van der Waals surface area contributed by atoms with Gasteiger partial charge in [0.15, 0.2) is 5.78 Å². The number of hydrogen-bond acceptors (Lipinski definition) is 7. The van der Waals surface area contributed by atoms with Crippen LogP contribution >= 0.6 is 0 Å². The van der Waals surface area contributed by atoms with E-state index in [1.807, 2.05) is 35.2 Å². The zero-order valence-electron chi connectivity index (χ0n) is 17.7. The summed E-state index contributed by atoms with van der Waals surface area (Å²) in [7, 11) is 0. The van der Waals surface area contributed by atoms with Crippen LogP contribution in [0, 0.1) is 5.92 Å². The zero-order valence-corrected chi connectivity index (χ0v) is 17.7. The van der Waals surface area contributed by atoms with Crippen LogP contribution in [0.15, 0.2) is 48.5 Å². The third-order valence-electron chi connectivity index (χ3n) is 5.35. The number of hydrogen-bond donors (Lipinski definition) is 1. The maximum Gasteiger partial charge on any atom is 0.302 e. The lowest BCUT2D eigenvalue weighted by molar-refractivity contribution is -0.141. The van der Waals surface area contributed by atoms with Crippen LogP contribution in [0.1, 0.15) is 41.4 Å². The smallest absolute Gasteiger partial charge is 0.302 e. The minimum atomic E-state index is -0.799. The molecule has 1 N–H and O–H groups in total. The van der Waals surface area contributed by atoms with Crippen LogP contribution in [-0.4, -0.2) is 49.1 Å². The first-order valence-electron chi connectivity index (χ1n) is 10.3. The Kier molecular flexibility index (Phi) is 7.41.